The van der Waals surface area contributed by atoms with E-state index in [0.29, 0.717) is 23.9 Å². The maximum Gasteiger partial charge on any atom is 0.227 e. The summed E-state index contributed by atoms with van der Waals surface area (Å²) in [5.41, 5.74) is 1.24. The van der Waals surface area contributed by atoms with Crippen LogP contribution in [-0.4, -0.2) is 10.1 Å². The number of nitrogens with zero attached hydrogens (tertiary/aromatic N) is 3. The molecular formula is C14H15N3OS. The topological polar surface area (TPSA) is 62.7 Å². The molecule has 0 amide bonds. The van der Waals surface area contributed by atoms with Crippen LogP contribution in [0, 0.1) is 24.2 Å². The highest BCUT2D eigenvalue weighted by molar-refractivity contribution is 7.98. The smallest absolute Gasteiger partial charge is 0.227 e. The minimum absolute atomic E-state index is 0.0997. The molecule has 0 aliphatic rings. The number of rotatable bonds is 5. The molecule has 2 rings (SSSR count). The van der Waals surface area contributed by atoms with Crippen molar-refractivity contribution in [3.63, 3.8) is 0 Å². The van der Waals surface area contributed by atoms with Crippen molar-refractivity contribution in [2.45, 2.75) is 30.9 Å². The lowest BCUT2D eigenvalue weighted by molar-refractivity contribution is 0.366. The summed E-state index contributed by atoms with van der Waals surface area (Å²) in [4.78, 5) is 5.51. The number of benzene rings is 1. The minimum Gasteiger partial charge on any atom is -0.339 e. The van der Waals surface area contributed by atoms with E-state index < -0.39 is 0 Å². The molecule has 1 heterocycles. The number of nitriles is 1. The highest BCUT2D eigenvalue weighted by atomic mass is 32.2. The van der Waals surface area contributed by atoms with Crippen LogP contribution in [0.15, 0.2) is 33.7 Å². The highest BCUT2D eigenvalue weighted by Gasteiger charge is 2.10. The van der Waals surface area contributed by atoms with Crippen molar-refractivity contribution in [2.24, 2.45) is 5.92 Å². The van der Waals surface area contributed by atoms with Gasteiger partial charge >= 0.3 is 0 Å². The van der Waals surface area contributed by atoms with Crippen LogP contribution in [0.2, 0.25) is 0 Å². The van der Waals surface area contributed by atoms with Crippen LogP contribution < -0.4 is 0 Å². The summed E-state index contributed by atoms with van der Waals surface area (Å²) in [6.07, 6.45) is 0.512. The maximum atomic E-state index is 8.74. The second-order valence-electron chi connectivity index (χ2n) is 4.39. The summed E-state index contributed by atoms with van der Waals surface area (Å²) < 4.78 is 5.13. The van der Waals surface area contributed by atoms with Crippen molar-refractivity contribution in [3.8, 4) is 6.07 Å². The predicted molar refractivity (Wildman–Crippen MR) is 73.5 cm³/mol. The lowest BCUT2D eigenvalue weighted by atomic mass is 10.1. The van der Waals surface area contributed by atoms with Crippen LogP contribution in [0.4, 0.5) is 0 Å². The molecular weight excluding hydrogens is 258 g/mol. The third kappa shape index (κ3) is 3.83. The Labute approximate surface area is 116 Å². The first kappa shape index (κ1) is 13.6. The lowest BCUT2D eigenvalue weighted by Crippen LogP contribution is -1.96. The van der Waals surface area contributed by atoms with Crippen molar-refractivity contribution >= 4 is 11.8 Å². The fraction of sp³-hybridized carbons (Fsp3) is 0.357. The SMILES string of the molecule is Cc1ccccc1SCc1noc(CC(C)C#N)n1. The first-order valence-electron chi connectivity index (χ1n) is 6.08. The van der Waals surface area contributed by atoms with Crippen LogP contribution in [0.25, 0.3) is 0 Å². The first-order chi connectivity index (χ1) is 9.19. The molecule has 1 unspecified atom stereocenters. The molecule has 0 radical (unpaired) electrons. The number of thioether (sulfide) groups is 1. The molecule has 98 valence electrons. The number of hydrogen-bond donors (Lipinski definition) is 0. The summed E-state index contributed by atoms with van der Waals surface area (Å²) >= 11 is 1.69. The zero-order valence-corrected chi connectivity index (χ0v) is 11.8. The largest absolute Gasteiger partial charge is 0.339 e. The molecule has 0 saturated carbocycles. The van der Waals surface area contributed by atoms with Gasteiger partial charge in [0.15, 0.2) is 5.82 Å². The third-order valence-corrected chi connectivity index (χ3v) is 3.83. The van der Waals surface area contributed by atoms with Gasteiger partial charge in [0.05, 0.1) is 17.7 Å². The Morgan fingerprint density at radius 3 is 2.95 bits per heavy atom. The zero-order chi connectivity index (χ0) is 13.7. The van der Waals surface area contributed by atoms with Crippen molar-refractivity contribution in [1.82, 2.24) is 10.1 Å². The second kappa shape index (κ2) is 6.39. The van der Waals surface area contributed by atoms with Gasteiger partial charge in [-0.05, 0) is 25.5 Å². The molecule has 2 aromatic rings. The van der Waals surface area contributed by atoms with Gasteiger partial charge in [0.2, 0.25) is 5.89 Å². The predicted octanol–water partition coefficient (Wildman–Crippen LogP) is 3.37. The molecule has 0 N–H and O–H groups in total. The average Bonchev–Trinajstić information content (AvgIpc) is 2.85. The average molecular weight is 273 g/mol. The van der Waals surface area contributed by atoms with E-state index in [4.69, 9.17) is 9.78 Å². The Morgan fingerprint density at radius 2 is 2.21 bits per heavy atom. The fourth-order valence-corrected chi connectivity index (χ4v) is 2.47. The fourth-order valence-electron chi connectivity index (χ4n) is 1.60. The molecule has 19 heavy (non-hydrogen) atoms. The van der Waals surface area contributed by atoms with Crippen LogP contribution >= 0.6 is 11.8 Å². The van der Waals surface area contributed by atoms with E-state index in [1.54, 1.807) is 11.8 Å². The molecule has 0 spiro atoms. The van der Waals surface area contributed by atoms with E-state index in [9.17, 15) is 0 Å². The molecule has 0 fully saturated rings. The molecule has 1 aromatic carbocycles. The standard InChI is InChI=1S/C14H15N3OS/c1-10(8-15)7-14-16-13(17-18-14)9-19-12-6-4-3-5-11(12)2/h3-6,10H,7,9H2,1-2H3. The quantitative estimate of drug-likeness (QED) is 0.781. The van der Waals surface area contributed by atoms with Crippen molar-refractivity contribution in [3.05, 3.63) is 41.5 Å². The van der Waals surface area contributed by atoms with Gasteiger partial charge in [0.25, 0.3) is 0 Å². The van der Waals surface area contributed by atoms with Gasteiger partial charge in [-0.3, -0.25) is 0 Å². The normalized spacial score (nSPS) is 12.1. The Hall–Kier alpha value is -1.80. The first-order valence-corrected chi connectivity index (χ1v) is 7.07. The summed E-state index contributed by atoms with van der Waals surface area (Å²) in [6, 6.07) is 10.4. The van der Waals surface area contributed by atoms with E-state index in [2.05, 4.69) is 35.3 Å². The van der Waals surface area contributed by atoms with Crippen LogP contribution in [-0.2, 0) is 12.2 Å². The Balaban J connectivity index is 1.94. The zero-order valence-electron chi connectivity index (χ0n) is 11.0. The Morgan fingerprint density at radius 1 is 1.42 bits per heavy atom. The van der Waals surface area contributed by atoms with Gasteiger partial charge < -0.3 is 4.52 Å². The summed E-state index contributed by atoms with van der Waals surface area (Å²) in [7, 11) is 0. The second-order valence-corrected chi connectivity index (χ2v) is 5.41. The molecule has 4 nitrogen and oxygen atoms in total. The van der Waals surface area contributed by atoms with Crippen LogP contribution in [0.3, 0.4) is 0 Å². The van der Waals surface area contributed by atoms with Gasteiger partial charge in [0, 0.05) is 11.3 Å². The number of hydrogen-bond acceptors (Lipinski definition) is 5. The monoisotopic (exact) mass is 273 g/mol. The van der Waals surface area contributed by atoms with Gasteiger partial charge in [-0.1, -0.05) is 23.4 Å². The molecule has 1 aromatic heterocycles. The van der Waals surface area contributed by atoms with E-state index in [1.165, 1.54) is 10.5 Å². The minimum atomic E-state index is -0.0997. The van der Waals surface area contributed by atoms with E-state index in [1.807, 2.05) is 19.1 Å². The Kier molecular flexibility index (Phi) is 4.58. The van der Waals surface area contributed by atoms with Crippen LogP contribution in [0.1, 0.15) is 24.2 Å². The van der Waals surface area contributed by atoms with E-state index in [0.717, 1.165) is 0 Å². The summed E-state index contributed by atoms with van der Waals surface area (Å²) in [5.74, 6) is 1.79. The molecule has 0 saturated heterocycles. The number of aryl methyl sites for hydroxylation is 1. The number of aromatic nitrogens is 2. The molecule has 1 atom stereocenters. The van der Waals surface area contributed by atoms with Gasteiger partial charge in [0.1, 0.15) is 0 Å². The third-order valence-electron chi connectivity index (χ3n) is 2.66. The maximum absolute atomic E-state index is 8.74. The molecule has 0 aliphatic carbocycles. The van der Waals surface area contributed by atoms with Crippen molar-refractivity contribution < 1.29 is 4.52 Å². The van der Waals surface area contributed by atoms with Crippen molar-refractivity contribution in [2.75, 3.05) is 0 Å². The van der Waals surface area contributed by atoms with Crippen molar-refractivity contribution in [1.29, 1.82) is 5.26 Å². The highest BCUT2D eigenvalue weighted by Crippen LogP contribution is 2.24. The molecule has 0 aliphatic heterocycles. The van der Waals surface area contributed by atoms with Gasteiger partial charge in [-0.15, -0.1) is 11.8 Å². The van der Waals surface area contributed by atoms with E-state index >= 15 is 0 Å². The van der Waals surface area contributed by atoms with Crippen LogP contribution in [0.5, 0.6) is 0 Å². The Bertz CT molecular complexity index is 588. The molecule has 0 bridgehead atoms. The summed E-state index contributed by atoms with van der Waals surface area (Å²) in [5, 5.41) is 12.7. The lowest BCUT2D eigenvalue weighted by Gasteiger charge is -2.01. The van der Waals surface area contributed by atoms with E-state index in [-0.39, 0.29) is 5.92 Å². The van der Waals surface area contributed by atoms with Gasteiger partial charge in [-0.25, -0.2) is 0 Å². The molecule has 5 heteroatoms. The summed E-state index contributed by atoms with van der Waals surface area (Å²) in [6.45, 7) is 3.92. The van der Waals surface area contributed by atoms with Gasteiger partial charge in [-0.2, -0.15) is 10.2 Å².